The number of nitrogens with one attached hydrogen (secondary N) is 2. The van der Waals surface area contributed by atoms with Crippen molar-refractivity contribution in [3.8, 4) is 11.3 Å². The second-order valence-electron chi connectivity index (χ2n) is 7.79. The molecule has 0 saturated carbocycles. The molecule has 0 aliphatic carbocycles. The first-order chi connectivity index (χ1) is 16.3. The summed E-state index contributed by atoms with van der Waals surface area (Å²) in [5, 5.41) is 8.56. The van der Waals surface area contributed by atoms with E-state index in [1.165, 1.54) is 10.9 Å². The van der Waals surface area contributed by atoms with Crippen molar-refractivity contribution >= 4 is 39.8 Å². The van der Waals surface area contributed by atoms with Gasteiger partial charge in [-0.2, -0.15) is 0 Å². The summed E-state index contributed by atoms with van der Waals surface area (Å²) in [7, 11) is 0. The Morgan fingerprint density at radius 2 is 1.70 bits per heavy atom. The zero-order valence-electron chi connectivity index (χ0n) is 18.1. The van der Waals surface area contributed by atoms with E-state index in [4.69, 9.17) is 16.6 Å². The Labute approximate surface area is 198 Å². The minimum absolute atomic E-state index is 0.540. The fraction of sp³-hybridized carbons (Fsp3) is 0.111. The molecule has 3 aromatic carbocycles. The number of nitrogens with zero attached hydrogens (tertiary/aromatic N) is 3. The highest BCUT2D eigenvalue weighted by Crippen LogP contribution is 2.29. The van der Waals surface area contributed by atoms with Crippen LogP contribution in [0.3, 0.4) is 0 Å². The van der Waals surface area contributed by atoms with Gasteiger partial charge >= 0.3 is 0 Å². The summed E-state index contributed by atoms with van der Waals surface area (Å²) in [4.78, 5) is 9.12. The van der Waals surface area contributed by atoms with Gasteiger partial charge in [0.05, 0.1) is 5.69 Å². The Kier molecular flexibility index (Phi) is 6.22. The number of benzene rings is 3. The number of anilines is 3. The third-order valence-corrected chi connectivity index (χ3v) is 5.74. The number of para-hydroxylation sites is 1. The first-order valence-electron chi connectivity index (χ1n) is 11.0. The van der Waals surface area contributed by atoms with E-state index in [2.05, 4.69) is 62.8 Å². The normalized spacial score (nSPS) is 10.9. The summed E-state index contributed by atoms with van der Waals surface area (Å²) < 4.78 is 2.30. The molecule has 0 aliphatic rings. The maximum atomic E-state index is 6.10. The summed E-state index contributed by atoms with van der Waals surface area (Å²) in [6.45, 7) is 1.87. The smallest absolute Gasteiger partial charge is 0.227 e. The fourth-order valence-corrected chi connectivity index (χ4v) is 4.13. The Morgan fingerprint density at radius 1 is 0.848 bits per heavy atom. The lowest BCUT2D eigenvalue weighted by Gasteiger charge is -2.10. The van der Waals surface area contributed by atoms with E-state index >= 15 is 0 Å². The van der Waals surface area contributed by atoms with Crippen LogP contribution in [0.25, 0.3) is 22.2 Å². The topological polar surface area (TPSA) is 54.8 Å². The van der Waals surface area contributed by atoms with Crippen molar-refractivity contribution in [3.63, 3.8) is 0 Å². The quantitative estimate of drug-likeness (QED) is 0.248. The summed E-state index contributed by atoms with van der Waals surface area (Å²) in [5.74, 6) is 0.540. The molecule has 0 saturated heterocycles. The number of aryl methyl sites for hydroxylation is 1. The van der Waals surface area contributed by atoms with Gasteiger partial charge in [0.25, 0.3) is 0 Å². The van der Waals surface area contributed by atoms with Gasteiger partial charge in [0.2, 0.25) is 5.95 Å². The Hall–Kier alpha value is -3.83. The summed E-state index contributed by atoms with van der Waals surface area (Å²) in [5.41, 5.74) is 5.18. The second-order valence-corrected chi connectivity index (χ2v) is 8.23. The van der Waals surface area contributed by atoms with E-state index in [-0.39, 0.29) is 0 Å². The third kappa shape index (κ3) is 4.99. The van der Waals surface area contributed by atoms with Gasteiger partial charge in [-0.05, 0) is 55.0 Å². The fourth-order valence-electron chi connectivity index (χ4n) is 3.94. The SMILES string of the molecule is Clc1cccc(Nc2nccc(-c3cccc4c3ccn4CCCNc3ccccc3)n2)c1. The highest BCUT2D eigenvalue weighted by molar-refractivity contribution is 6.30. The van der Waals surface area contributed by atoms with E-state index in [0.717, 1.165) is 42.1 Å². The van der Waals surface area contributed by atoms with Crippen LogP contribution in [0.4, 0.5) is 17.3 Å². The van der Waals surface area contributed by atoms with Crippen LogP contribution in [0.5, 0.6) is 0 Å². The molecule has 5 rings (SSSR count). The van der Waals surface area contributed by atoms with Crippen molar-refractivity contribution in [2.24, 2.45) is 0 Å². The number of hydrogen-bond acceptors (Lipinski definition) is 4. The molecule has 33 heavy (non-hydrogen) atoms. The molecule has 5 nitrogen and oxygen atoms in total. The van der Waals surface area contributed by atoms with Crippen molar-refractivity contribution in [1.29, 1.82) is 0 Å². The van der Waals surface area contributed by atoms with Gasteiger partial charge in [0, 0.05) is 58.3 Å². The lowest BCUT2D eigenvalue weighted by molar-refractivity contribution is 0.683. The lowest BCUT2D eigenvalue weighted by atomic mass is 10.1. The van der Waals surface area contributed by atoms with E-state index in [9.17, 15) is 0 Å². The molecule has 2 aromatic heterocycles. The minimum Gasteiger partial charge on any atom is -0.385 e. The molecule has 0 bridgehead atoms. The van der Waals surface area contributed by atoms with Gasteiger partial charge in [-0.15, -0.1) is 0 Å². The zero-order valence-corrected chi connectivity index (χ0v) is 18.8. The van der Waals surface area contributed by atoms with Gasteiger partial charge in [-0.25, -0.2) is 9.97 Å². The second kappa shape index (κ2) is 9.76. The first-order valence-corrected chi connectivity index (χ1v) is 11.4. The molecule has 0 fully saturated rings. The van der Waals surface area contributed by atoms with Crippen LogP contribution in [-0.2, 0) is 6.54 Å². The van der Waals surface area contributed by atoms with Crippen molar-refractivity contribution in [1.82, 2.24) is 14.5 Å². The van der Waals surface area contributed by atoms with Crippen molar-refractivity contribution < 1.29 is 0 Å². The van der Waals surface area contributed by atoms with Crippen LogP contribution in [0.2, 0.25) is 5.02 Å². The minimum atomic E-state index is 0.540. The van der Waals surface area contributed by atoms with Crippen LogP contribution in [0.1, 0.15) is 6.42 Å². The molecule has 164 valence electrons. The number of rotatable bonds is 8. The molecular formula is C27H24ClN5. The monoisotopic (exact) mass is 453 g/mol. The molecule has 0 amide bonds. The van der Waals surface area contributed by atoms with Crippen molar-refractivity contribution in [2.45, 2.75) is 13.0 Å². The van der Waals surface area contributed by atoms with E-state index < -0.39 is 0 Å². The predicted octanol–water partition coefficient (Wildman–Crippen LogP) is 7.00. The molecule has 0 radical (unpaired) electrons. The average Bonchev–Trinajstić information content (AvgIpc) is 3.26. The van der Waals surface area contributed by atoms with E-state index in [1.807, 2.05) is 48.5 Å². The van der Waals surface area contributed by atoms with Crippen molar-refractivity contribution in [3.05, 3.63) is 102 Å². The van der Waals surface area contributed by atoms with Crippen LogP contribution in [0, 0.1) is 0 Å². The maximum Gasteiger partial charge on any atom is 0.227 e. The molecule has 0 unspecified atom stereocenters. The highest BCUT2D eigenvalue weighted by Gasteiger charge is 2.10. The molecule has 5 aromatic rings. The standard InChI is InChI=1S/C27H24ClN5/c28-20-7-4-10-22(19-20)31-27-30-16-13-25(32-27)23-11-5-12-26-24(23)14-18-33(26)17-6-15-29-21-8-2-1-3-9-21/h1-5,7-14,16,18-19,29H,6,15,17H2,(H,30,31,32). The molecule has 0 aliphatic heterocycles. The highest BCUT2D eigenvalue weighted by atomic mass is 35.5. The third-order valence-electron chi connectivity index (χ3n) is 5.50. The number of halogens is 1. The summed E-state index contributed by atoms with van der Waals surface area (Å²) in [6.07, 6.45) is 4.97. The van der Waals surface area contributed by atoms with Gasteiger partial charge in [-0.3, -0.25) is 0 Å². The lowest BCUT2D eigenvalue weighted by Crippen LogP contribution is -2.06. The largest absolute Gasteiger partial charge is 0.385 e. The van der Waals surface area contributed by atoms with Crippen LogP contribution in [-0.4, -0.2) is 21.1 Å². The molecule has 0 atom stereocenters. The molecule has 2 N–H and O–H groups in total. The Bertz CT molecular complexity index is 1360. The molecule has 0 spiro atoms. The number of hydrogen-bond donors (Lipinski definition) is 2. The zero-order chi connectivity index (χ0) is 22.5. The Morgan fingerprint density at radius 3 is 2.58 bits per heavy atom. The van der Waals surface area contributed by atoms with E-state index in [1.54, 1.807) is 6.20 Å². The Balaban J connectivity index is 1.32. The van der Waals surface area contributed by atoms with Gasteiger partial charge in [0.15, 0.2) is 0 Å². The molecular weight excluding hydrogens is 430 g/mol. The first kappa shape index (κ1) is 21.0. The summed E-state index contributed by atoms with van der Waals surface area (Å²) in [6, 6.07) is 28.3. The van der Waals surface area contributed by atoms with Gasteiger partial charge in [0.1, 0.15) is 0 Å². The predicted molar refractivity (Wildman–Crippen MR) is 137 cm³/mol. The molecule has 6 heteroatoms. The maximum absolute atomic E-state index is 6.10. The molecule has 2 heterocycles. The number of aromatic nitrogens is 3. The van der Waals surface area contributed by atoms with Crippen LogP contribution >= 0.6 is 11.6 Å². The number of fused-ring (bicyclic) bond motifs is 1. The van der Waals surface area contributed by atoms with Crippen LogP contribution in [0.15, 0.2) is 97.3 Å². The summed E-state index contributed by atoms with van der Waals surface area (Å²) >= 11 is 6.10. The van der Waals surface area contributed by atoms with Crippen molar-refractivity contribution in [2.75, 3.05) is 17.2 Å². The van der Waals surface area contributed by atoms with Gasteiger partial charge in [-0.1, -0.05) is 48.0 Å². The van der Waals surface area contributed by atoms with Crippen LogP contribution < -0.4 is 10.6 Å². The van der Waals surface area contributed by atoms with E-state index in [0.29, 0.717) is 11.0 Å². The van der Waals surface area contributed by atoms with Gasteiger partial charge < -0.3 is 15.2 Å². The average molecular weight is 454 g/mol.